The molecule has 0 aliphatic heterocycles. The zero-order valence-corrected chi connectivity index (χ0v) is 10.2. The van der Waals surface area contributed by atoms with Crippen molar-refractivity contribution in [3.8, 4) is 0 Å². The lowest BCUT2D eigenvalue weighted by atomic mass is 10.2. The van der Waals surface area contributed by atoms with E-state index in [1.54, 1.807) is 4.90 Å². The summed E-state index contributed by atoms with van der Waals surface area (Å²) in [4.78, 5) is 20.8. The zero-order chi connectivity index (χ0) is 12.1. The number of amides is 1. The average molecular weight is 243 g/mol. The Bertz CT molecular complexity index is 383. The smallest absolute Gasteiger partial charge is 0.236 e. The van der Waals surface area contributed by atoms with E-state index in [0.717, 1.165) is 5.56 Å². The molecule has 0 radical (unpaired) electrons. The van der Waals surface area contributed by atoms with Gasteiger partial charge in [-0.3, -0.25) is 4.79 Å². The molecular formula is C10H15ClN4O. The van der Waals surface area contributed by atoms with Crippen molar-refractivity contribution in [2.75, 3.05) is 18.0 Å². The van der Waals surface area contributed by atoms with Gasteiger partial charge in [0, 0.05) is 12.1 Å². The van der Waals surface area contributed by atoms with Gasteiger partial charge in [0.05, 0.1) is 6.54 Å². The largest absolute Gasteiger partial charge is 0.368 e. The van der Waals surface area contributed by atoms with Crippen molar-refractivity contribution in [3.63, 3.8) is 0 Å². The molecule has 0 bridgehead atoms. The van der Waals surface area contributed by atoms with E-state index in [1.165, 1.54) is 6.33 Å². The Morgan fingerprint density at radius 1 is 1.50 bits per heavy atom. The average Bonchev–Trinajstić information content (AvgIpc) is 2.25. The van der Waals surface area contributed by atoms with Crippen molar-refractivity contribution >= 4 is 23.3 Å². The van der Waals surface area contributed by atoms with Gasteiger partial charge < -0.3 is 10.6 Å². The summed E-state index contributed by atoms with van der Waals surface area (Å²) in [7, 11) is 0. The first-order chi connectivity index (χ1) is 7.60. The van der Waals surface area contributed by atoms with Crippen LogP contribution in [0.15, 0.2) is 6.33 Å². The third kappa shape index (κ3) is 2.82. The number of likely N-dealkylation sites (N-methyl/N-ethyl adjacent to an activating group) is 1. The second kappa shape index (κ2) is 5.65. The molecule has 0 spiro atoms. The molecule has 1 aromatic rings. The number of hydrogen-bond acceptors (Lipinski definition) is 4. The maximum atomic E-state index is 10.9. The van der Waals surface area contributed by atoms with E-state index >= 15 is 0 Å². The number of halogens is 1. The molecule has 1 aromatic heterocycles. The number of rotatable bonds is 5. The highest BCUT2D eigenvalue weighted by molar-refractivity contribution is 6.30. The monoisotopic (exact) mass is 242 g/mol. The fraction of sp³-hybridized carbons (Fsp3) is 0.500. The SMILES string of the molecule is CCc1c(Cl)ncnc1N(CC)CC(N)=O. The van der Waals surface area contributed by atoms with Gasteiger partial charge in [0.15, 0.2) is 0 Å². The lowest BCUT2D eigenvalue weighted by molar-refractivity contribution is -0.116. The number of nitrogens with two attached hydrogens (primary N) is 1. The van der Waals surface area contributed by atoms with Crippen LogP contribution in [0.2, 0.25) is 5.15 Å². The molecular weight excluding hydrogens is 228 g/mol. The molecule has 0 atom stereocenters. The maximum absolute atomic E-state index is 10.9. The molecule has 1 amide bonds. The van der Waals surface area contributed by atoms with Crippen LogP contribution in [0, 0.1) is 0 Å². The molecule has 88 valence electrons. The molecule has 0 fully saturated rings. The summed E-state index contributed by atoms with van der Waals surface area (Å²) >= 11 is 5.97. The predicted octanol–water partition coefficient (Wildman–Crippen LogP) is 1.00. The van der Waals surface area contributed by atoms with Crippen molar-refractivity contribution in [2.24, 2.45) is 5.73 Å². The number of anilines is 1. The normalized spacial score (nSPS) is 10.2. The van der Waals surface area contributed by atoms with Gasteiger partial charge in [-0.05, 0) is 13.3 Å². The van der Waals surface area contributed by atoms with E-state index in [1.807, 2.05) is 13.8 Å². The number of carbonyl (C=O) groups excluding carboxylic acids is 1. The van der Waals surface area contributed by atoms with Crippen LogP contribution >= 0.6 is 11.6 Å². The Labute approximate surface area is 99.6 Å². The van der Waals surface area contributed by atoms with Gasteiger partial charge in [-0.15, -0.1) is 0 Å². The molecule has 5 nitrogen and oxygen atoms in total. The van der Waals surface area contributed by atoms with Gasteiger partial charge in [0.25, 0.3) is 0 Å². The summed E-state index contributed by atoms with van der Waals surface area (Å²) in [6.07, 6.45) is 2.10. The van der Waals surface area contributed by atoms with E-state index in [9.17, 15) is 4.79 Å². The fourth-order valence-corrected chi connectivity index (χ4v) is 1.75. The number of aromatic nitrogens is 2. The van der Waals surface area contributed by atoms with Crippen LogP contribution in [0.5, 0.6) is 0 Å². The van der Waals surface area contributed by atoms with Crippen LogP contribution < -0.4 is 10.6 Å². The number of primary amides is 1. The maximum Gasteiger partial charge on any atom is 0.236 e. The minimum atomic E-state index is -0.390. The number of nitrogens with zero attached hydrogens (tertiary/aromatic N) is 3. The summed E-state index contributed by atoms with van der Waals surface area (Å²) in [6, 6.07) is 0. The quantitative estimate of drug-likeness (QED) is 0.782. The molecule has 16 heavy (non-hydrogen) atoms. The second-order valence-electron chi connectivity index (χ2n) is 3.30. The molecule has 0 saturated heterocycles. The van der Waals surface area contributed by atoms with Gasteiger partial charge in [0.2, 0.25) is 5.91 Å². The molecule has 1 heterocycles. The standard InChI is InChI=1S/C10H15ClN4O/c1-3-7-9(11)13-6-14-10(7)15(4-2)5-8(12)16/h6H,3-5H2,1-2H3,(H2,12,16). The van der Waals surface area contributed by atoms with E-state index in [-0.39, 0.29) is 6.54 Å². The molecule has 0 saturated carbocycles. The predicted molar refractivity (Wildman–Crippen MR) is 63.5 cm³/mol. The van der Waals surface area contributed by atoms with E-state index < -0.39 is 5.91 Å². The summed E-state index contributed by atoms with van der Waals surface area (Å²) in [5.74, 6) is 0.294. The summed E-state index contributed by atoms with van der Waals surface area (Å²) in [5, 5.41) is 0.426. The molecule has 0 aromatic carbocycles. The first-order valence-corrected chi connectivity index (χ1v) is 5.50. The van der Waals surface area contributed by atoms with E-state index in [4.69, 9.17) is 17.3 Å². The molecule has 2 N–H and O–H groups in total. The Kier molecular flexibility index (Phi) is 4.49. The first kappa shape index (κ1) is 12.7. The van der Waals surface area contributed by atoms with Gasteiger partial charge in [-0.2, -0.15) is 0 Å². The lowest BCUT2D eigenvalue weighted by Crippen LogP contribution is -2.34. The molecule has 6 heteroatoms. The highest BCUT2D eigenvalue weighted by Crippen LogP contribution is 2.23. The minimum absolute atomic E-state index is 0.136. The highest BCUT2D eigenvalue weighted by atomic mass is 35.5. The van der Waals surface area contributed by atoms with Crippen LogP contribution in [0.4, 0.5) is 5.82 Å². The molecule has 1 rings (SSSR count). The molecule has 0 aliphatic carbocycles. The van der Waals surface area contributed by atoms with Crippen molar-refractivity contribution in [1.82, 2.24) is 9.97 Å². The summed E-state index contributed by atoms with van der Waals surface area (Å²) in [6.45, 7) is 4.67. The third-order valence-corrected chi connectivity index (χ3v) is 2.58. The van der Waals surface area contributed by atoms with Crippen molar-refractivity contribution in [2.45, 2.75) is 20.3 Å². The van der Waals surface area contributed by atoms with E-state index in [2.05, 4.69) is 9.97 Å². The van der Waals surface area contributed by atoms with Crippen molar-refractivity contribution < 1.29 is 4.79 Å². The third-order valence-electron chi connectivity index (χ3n) is 2.25. The van der Waals surface area contributed by atoms with Crippen molar-refractivity contribution in [3.05, 3.63) is 17.0 Å². The van der Waals surface area contributed by atoms with Crippen molar-refractivity contribution in [1.29, 1.82) is 0 Å². The summed E-state index contributed by atoms with van der Waals surface area (Å²) < 4.78 is 0. The van der Waals surface area contributed by atoms with Crippen LogP contribution in [0.3, 0.4) is 0 Å². The Morgan fingerprint density at radius 2 is 2.19 bits per heavy atom. The second-order valence-corrected chi connectivity index (χ2v) is 3.66. The molecule has 0 aliphatic rings. The Hall–Kier alpha value is -1.36. The zero-order valence-electron chi connectivity index (χ0n) is 9.40. The number of hydrogen-bond donors (Lipinski definition) is 1. The van der Waals surface area contributed by atoms with Gasteiger partial charge in [0.1, 0.15) is 17.3 Å². The van der Waals surface area contributed by atoms with Crippen LogP contribution in [0.25, 0.3) is 0 Å². The van der Waals surface area contributed by atoms with E-state index in [0.29, 0.717) is 23.9 Å². The fourth-order valence-electron chi connectivity index (χ4n) is 1.48. The van der Waals surface area contributed by atoms with Crippen LogP contribution in [-0.2, 0) is 11.2 Å². The molecule has 0 unspecified atom stereocenters. The van der Waals surface area contributed by atoms with Gasteiger partial charge in [-0.25, -0.2) is 9.97 Å². The Balaban J connectivity index is 3.08. The van der Waals surface area contributed by atoms with Crippen LogP contribution in [0.1, 0.15) is 19.4 Å². The van der Waals surface area contributed by atoms with Gasteiger partial charge >= 0.3 is 0 Å². The topological polar surface area (TPSA) is 72.1 Å². The van der Waals surface area contributed by atoms with Crippen LogP contribution in [-0.4, -0.2) is 29.0 Å². The summed E-state index contributed by atoms with van der Waals surface area (Å²) in [5.41, 5.74) is 6.02. The Morgan fingerprint density at radius 3 is 2.69 bits per heavy atom. The first-order valence-electron chi connectivity index (χ1n) is 5.12. The number of carbonyl (C=O) groups is 1. The highest BCUT2D eigenvalue weighted by Gasteiger charge is 2.15. The lowest BCUT2D eigenvalue weighted by Gasteiger charge is -2.22. The minimum Gasteiger partial charge on any atom is -0.368 e. The van der Waals surface area contributed by atoms with Gasteiger partial charge in [-0.1, -0.05) is 18.5 Å².